The quantitative estimate of drug-likeness (QED) is 0.286. The summed E-state index contributed by atoms with van der Waals surface area (Å²) < 4.78 is 46.6. The summed E-state index contributed by atoms with van der Waals surface area (Å²) in [6.07, 6.45) is 0.394. The summed E-state index contributed by atoms with van der Waals surface area (Å²) in [5, 5.41) is 9.70. The summed E-state index contributed by atoms with van der Waals surface area (Å²) in [4.78, 5) is 17.5. The van der Waals surface area contributed by atoms with Crippen molar-refractivity contribution < 1.29 is 27.1 Å². The van der Waals surface area contributed by atoms with Crippen LogP contribution in [0.25, 0.3) is 11.1 Å². The summed E-state index contributed by atoms with van der Waals surface area (Å²) in [6, 6.07) is 10.2. The number of benzene rings is 2. The molecule has 3 aromatic rings. The smallest absolute Gasteiger partial charge is 0.422 e. The maximum absolute atomic E-state index is 13.1. The predicted molar refractivity (Wildman–Crippen MR) is 132 cm³/mol. The summed E-state index contributed by atoms with van der Waals surface area (Å²) in [7, 11) is 0. The van der Waals surface area contributed by atoms with E-state index in [1.165, 1.54) is 24.3 Å². The molecule has 0 saturated heterocycles. The van der Waals surface area contributed by atoms with E-state index in [0.717, 1.165) is 25.7 Å². The first-order valence-electron chi connectivity index (χ1n) is 11.9. The molecule has 1 aliphatic carbocycles. The SMILES string of the molecule is C[C@@H](CNC(=O)[C@H](CC1CCCC1)Nc1nc2cccc(Cl)c2o1)Nc1ccc(OC(F)(F)F)cc1. The number of hydrogen-bond donors (Lipinski definition) is 3. The standard InChI is InChI=1S/C25H28ClF3N4O3/c1-15(31-17-9-11-18(12-10-17)36-25(27,28)29)14-30-23(34)21(13-16-5-2-3-6-16)33-24-32-20-8-4-7-19(26)22(20)35-24/h4,7-12,15-16,21,31H,2-3,5-6,13-14H2,1H3,(H,30,34)(H,32,33)/t15-,21-/m0/s1. The first kappa shape index (κ1) is 25.9. The molecule has 1 fully saturated rings. The fourth-order valence-electron chi connectivity index (χ4n) is 4.40. The Bertz CT molecular complexity index is 1160. The van der Waals surface area contributed by atoms with Crippen molar-refractivity contribution in [2.24, 2.45) is 5.92 Å². The number of hydrogen-bond acceptors (Lipinski definition) is 6. The van der Waals surface area contributed by atoms with Crippen LogP contribution >= 0.6 is 11.6 Å². The largest absolute Gasteiger partial charge is 0.573 e. The van der Waals surface area contributed by atoms with Crippen LogP contribution in [-0.4, -0.2) is 35.9 Å². The molecule has 3 N–H and O–H groups in total. The van der Waals surface area contributed by atoms with Crippen LogP contribution in [0.5, 0.6) is 5.75 Å². The number of aromatic nitrogens is 1. The van der Waals surface area contributed by atoms with Gasteiger partial charge in [-0.3, -0.25) is 4.79 Å². The van der Waals surface area contributed by atoms with Crippen LogP contribution in [0.4, 0.5) is 24.9 Å². The van der Waals surface area contributed by atoms with Gasteiger partial charge in [-0.1, -0.05) is 43.4 Å². The number of halogens is 4. The van der Waals surface area contributed by atoms with Gasteiger partial charge in [0.25, 0.3) is 6.01 Å². The minimum atomic E-state index is -4.74. The Morgan fingerprint density at radius 2 is 1.89 bits per heavy atom. The second-order valence-corrected chi connectivity index (χ2v) is 9.46. The highest BCUT2D eigenvalue weighted by Gasteiger charge is 2.31. The molecule has 194 valence electrons. The Kier molecular flexibility index (Phi) is 8.13. The highest BCUT2D eigenvalue weighted by atomic mass is 35.5. The van der Waals surface area contributed by atoms with Crippen molar-refractivity contribution in [2.45, 2.75) is 57.5 Å². The van der Waals surface area contributed by atoms with E-state index >= 15 is 0 Å². The lowest BCUT2D eigenvalue weighted by Crippen LogP contribution is -2.44. The third-order valence-corrected chi connectivity index (χ3v) is 6.41. The molecule has 0 radical (unpaired) electrons. The number of alkyl halides is 3. The molecule has 1 heterocycles. The number of nitrogens with zero attached hydrogens (tertiary/aromatic N) is 1. The number of oxazole rings is 1. The Morgan fingerprint density at radius 3 is 2.56 bits per heavy atom. The van der Waals surface area contributed by atoms with Gasteiger partial charge in [-0.25, -0.2) is 0 Å². The fraction of sp³-hybridized carbons (Fsp3) is 0.440. The van der Waals surface area contributed by atoms with Gasteiger partial charge >= 0.3 is 6.36 Å². The number of amides is 1. The summed E-state index contributed by atoms with van der Waals surface area (Å²) in [5.41, 5.74) is 1.68. The van der Waals surface area contributed by atoms with Crippen LogP contribution in [0.1, 0.15) is 39.0 Å². The summed E-state index contributed by atoms with van der Waals surface area (Å²) in [6.45, 7) is 2.17. The molecule has 1 aromatic heterocycles. The number of para-hydroxylation sites is 1. The predicted octanol–water partition coefficient (Wildman–Crippen LogP) is 6.36. The van der Waals surface area contributed by atoms with Gasteiger partial charge in [0.1, 0.15) is 17.3 Å². The minimum absolute atomic E-state index is 0.182. The monoisotopic (exact) mass is 524 g/mol. The zero-order chi connectivity index (χ0) is 25.7. The number of nitrogens with one attached hydrogen (secondary N) is 3. The number of ether oxygens (including phenoxy) is 1. The van der Waals surface area contributed by atoms with Crippen molar-refractivity contribution in [1.82, 2.24) is 10.3 Å². The van der Waals surface area contributed by atoms with Crippen molar-refractivity contribution in [3.63, 3.8) is 0 Å². The average molecular weight is 525 g/mol. The van der Waals surface area contributed by atoms with E-state index in [-0.39, 0.29) is 23.7 Å². The molecule has 1 saturated carbocycles. The minimum Gasteiger partial charge on any atom is -0.422 e. The van der Waals surface area contributed by atoms with Crippen LogP contribution in [0, 0.1) is 5.92 Å². The number of anilines is 2. The van der Waals surface area contributed by atoms with Gasteiger partial charge < -0.3 is 25.1 Å². The van der Waals surface area contributed by atoms with Gasteiger partial charge in [-0.15, -0.1) is 13.2 Å². The molecular weight excluding hydrogens is 497 g/mol. The first-order valence-corrected chi connectivity index (χ1v) is 12.3. The molecule has 7 nitrogen and oxygen atoms in total. The van der Waals surface area contributed by atoms with Gasteiger partial charge in [-0.05, 0) is 55.7 Å². The van der Waals surface area contributed by atoms with Crippen molar-refractivity contribution in [3.05, 3.63) is 47.5 Å². The van der Waals surface area contributed by atoms with E-state index < -0.39 is 12.4 Å². The lowest BCUT2D eigenvalue weighted by atomic mass is 9.98. The molecule has 0 unspecified atom stereocenters. The van der Waals surface area contributed by atoms with Crippen molar-refractivity contribution >= 4 is 40.3 Å². The van der Waals surface area contributed by atoms with E-state index in [1.54, 1.807) is 18.2 Å². The lowest BCUT2D eigenvalue weighted by Gasteiger charge is -2.22. The molecule has 1 amide bonds. The van der Waals surface area contributed by atoms with E-state index in [4.69, 9.17) is 16.0 Å². The molecule has 1 aliphatic rings. The normalized spacial score (nSPS) is 16.0. The third-order valence-electron chi connectivity index (χ3n) is 6.11. The van der Waals surface area contributed by atoms with Crippen molar-refractivity contribution in [1.29, 1.82) is 0 Å². The van der Waals surface area contributed by atoms with Crippen molar-refractivity contribution in [2.75, 3.05) is 17.2 Å². The number of carbonyl (C=O) groups is 1. The maximum atomic E-state index is 13.1. The Balaban J connectivity index is 1.35. The van der Waals surface area contributed by atoms with Crippen LogP contribution < -0.4 is 20.7 Å². The zero-order valence-corrected chi connectivity index (χ0v) is 20.5. The average Bonchev–Trinajstić information content (AvgIpc) is 3.48. The number of rotatable bonds is 10. The van der Waals surface area contributed by atoms with Crippen LogP contribution in [0.15, 0.2) is 46.9 Å². The molecule has 0 spiro atoms. The van der Waals surface area contributed by atoms with Crippen LogP contribution in [-0.2, 0) is 4.79 Å². The van der Waals surface area contributed by atoms with E-state index in [0.29, 0.717) is 40.7 Å². The molecule has 0 bridgehead atoms. The second-order valence-electron chi connectivity index (χ2n) is 9.05. The highest BCUT2D eigenvalue weighted by Crippen LogP contribution is 2.31. The van der Waals surface area contributed by atoms with Gasteiger partial charge in [-0.2, -0.15) is 4.98 Å². The maximum Gasteiger partial charge on any atom is 0.573 e. The first-order chi connectivity index (χ1) is 17.2. The van der Waals surface area contributed by atoms with E-state index in [2.05, 4.69) is 25.7 Å². The fourth-order valence-corrected chi connectivity index (χ4v) is 4.61. The van der Waals surface area contributed by atoms with E-state index in [1.807, 2.05) is 6.92 Å². The van der Waals surface area contributed by atoms with Gasteiger partial charge in [0, 0.05) is 18.3 Å². The molecular formula is C25H28ClF3N4O3. The van der Waals surface area contributed by atoms with Crippen LogP contribution in [0.2, 0.25) is 5.02 Å². The Hall–Kier alpha value is -3.14. The second kappa shape index (κ2) is 11.3. The van der Waals surface area contributed by atoms with Gasteiger partial charge in [0.15, 0.2) is 5.58 Å². The molecule has 0 aliphatic heterocycles. The number of fused-ring (bicyclic) bond motifs is 1. The lowest BCUT2D eigenvalue weighted by molar-refractivity contribution is -0.274. The molecule has 36 heavy (non-hydrogen) atoms. The zero-order valence-electron chi connectivity index (χ0n) is 19.7. The third kappa shape index (κ3) is 7.19. The summed E-state index contributed by atoms with van der Waals surface area (Å²) >= 11 is 6.19. The topological polar surface area (TPSA) is 88.4 Å². The Labute approximate surface area is 211 Å². The molecule has 11 heteroatoms. The van der Waals surface area contributed by atoms with Gasteiger partial charge in [0.2, 0.25) is 5.91 Å². The molecule has 4 rings (SSSR count). The summed E-state index contributed by atoms with van der Waals surface area (Å²) in [5.74, 6) is -0.0395. The Morgan fingerprint density at radius 1 is 1.17 bits per heavy atom. The van der Waals surface area contributed by atoms with Gasteiger partial charge in [0.05, 0.1) is 5.02 Å². The molecule has 2 aromatic carbocycles. The van der Waals surface area contributed by atoms with Crippen molar-refractivity contribution in [3.8, 4) is 5.75 Å². The number of carbonyl (C=O) groups excluding carboxylic acids is 1. The highest BCUT2D eigenvalue weighted by molar-refractivity contribution is 6.34. The van der Waals surface area contributed by atoms with E-state index in [9.17, 15) is 18.0 Å². The molecule has 2 atom stereocenters. The van der Waals surface area contributed by atoms with Crippen LogP contribution in [0.3, 0.4) is 0 Å².